The van der Waals surface area contributed by atoms with Crippen LogP contribution in [0.5, 0.6) is 0 Å². The highest BCUT2D eigenvalue weighted by atomic mass is 15.1. The summed E-state index contributed by atoms with van der Waals surface area (Å²) in [7, 11) is 2.25. The van der Waals surface area contributed by atoms with Crippen molar-refractivity contribution in [3.05, 3.63) is 0 Å². The molecule has 0 amide bonds. The molecule has 3 unspecified atom stereocenters. The van der Waals surface area contributed by atoms with E-state index in [-0.39, 0.29) is 0 Å². The summed E-state index contributed by atoms with van der Waals surface area (Å²) in [5.74, 6) is 2.19. The fraction of sp³-hybridized carbons (Fsp3) is 1.00. The average molecular weight is 125 g/mol. The number of rotatable bonds is 0. The van der Waals surface area contributed by atoms with E-state index in [0.717, 1.165) is 17.9 Å². The van der Waals surface area contributed by atoms with Crippen LogP contribution in [-0.4, -0.2) is 24.5 Å². The molecule has 1 heterocycles. The maximum Gasteiger partial charge on any atom is 0.00949 e. The second kappa shape index (κ2) is 1.72. The smallest absolute Gasteiger partial charge is 0.00949 e. The van der Waals surface area contributed by atoms with Crippen LogP contribution in [0.1, 0.15) is 19.8 Å². The SMILES string of the molecule is CC1C2CC2CCN1C. The van der Waals surface area contributed by atoms with Gasteiger partial charge in [-0.3, -0.25) is 0 Å². The Morgan fingerprint density at radius 2 is 2.22 bits per heavy atom. The van der Waals surface area contributed by atoms with Gasteiger partial charge in [0.05, 0.1) is 0 Å². The standard InChI is InChI=1S/C8H15N/c1-6-8-5-7(8)3-4-9(6)2/h6-8H,3-5H2,1-2H3. The van der Waals surface area contributed by atoms with Crippen molar-refractivity contribution in [2.24, 2.45) is 11.8 Å². The Balaban J connectivity index is 2.02. The summed E-state index contributed by atoms with van der Waals surface area (Å²) < 4.78 is 0. The van der Waals surface area contributed by atoms with Gasteiger partial charge in [-0.1, -0.05) is 0 Å². The number of hydrogen-bond acceptors (Lipinski definition) is 1. The van der Waals surface area contributed by atoms with Crippen molar-refractivity contribution in [2.75, 3.05) is 13.6 Å². The Labute approximate surface area is 57.0 Å². The molecule has 3 atom stereocenters. The Hall–Kier alpha value is -0.0400. The van der Waals surface area contributed by atoms with E-state index in [9.17, 15) is 0 Å². The van der Waals surface area contributed by atoms with Crippen LogP contribution in [0.4, 0.5) is 0 Å². The predicted molar refractivity (Wildman–Crippen MR) is 38.3 cm³/mol. The second-order valence-corrected chi connectivity index (χ2v) is 3.67. The third-order valence-electron chi connectivity index (χ3n) is 3.14. The van der Waals surface area contributed by atoms with Gasteiger partial charge in [-0.25, -0.2) is 0 Å². The normalized spacial score (nSPS) is 50.7. The van der Waals surface area contributed by atoms with Crippen molar-refractivity contribution in [3.8, 4) is 0 Å². The fourth-order valence-electron chi connectivity index (χ4n) is 2.09. The minimum Gasteiger partial charge on any atom is -0.303 e. The quantitative estimate of drug-likeness (QED) is 0.472. The minimum atomic E-state index is 0.878. The Morgan fingerprint density at radius 3 is 2.89 bits per heavy atom. The van der Waals surface area contributed by atoms with E-state index >= 15 is 0 Å². The highest BCUT2D eigenvalue weighted by molar-refractivity contribution is 4.97. The van der Waals surface area contributed by atoms with Gasteiger partial charge in [0.1, 0.15) is 0 Å². The molecular formula is C8H15N. The molecule has 1 nitrogen and oxygen atoms in total. The predicted octanol–water partition coefficient (Wildman–Crippen LogP) is 1.35. The Kier molecular flexibility index (Phi) is 1.10. The maximum absolute atomic E-state index is 2.49. The highest BCUT2D eigenvalue weighted by Gasteiger charge is 2.45. The van der Waals surface area contributed by atoms with Gasteiger partial charge in [-0.15, -0.1) is 0 Å². The third-order valence-corrected chi connectivity index (χ3v) is 3.14. The van der Waals surface area contributed by atoms with E-state index in [1.54, 1.807) is 0 Å². The van der Waals surface area contributed by atoms with Crippen molar-refractivity contribution in [1.29, 1.82) is 0 Å². The van der Waals surface area contributed by atoms with Gasteiger partial charge < -0.3 is 4.90 Å². The average Bonchev–Trinajstić information content (AvgIpc) is 2.58. The molecule has 1 saturated carbocycles. The first-order chi connectivity index (χ1) is 4.29. The van der Waals surface area contributed by atoms with E-state index in [0.29, 0.717) is 0 Å². The number of hydrogen-bond donors (Lipinski definition) is 0. The molecule has 2 aliphatic rings. The molecule has 0 spiro atoms. The molecule has 1 heteroatoms. The molecule has 0 radical (unpaired) electrons. The molecule has 0 N–H and O–H groups in total. The van der Waals surface area contributed by atoms with E-state index in [2.05, 4.69) is 18.9 Å². The molecule has 0 aromatic heterocycles. The van der Waals surface area contributed by atoms with E-state index < -0.39 is 0 Å². The zero-order chi connectivity index (χ0) is 6.43. The van der Waals surface area contributed by atoms with Gasteiger partial charge in [0.15, 0.2) is 0 Å². The third kappa shape index (κ3) is 0.787. The summed E-state index contributed by atoms with van der Waals surface area (Å²) in [4.78, 5) is 2.49. The molecular weight excluding hydrogens is 110 g/mol. The summed E-state index contributed by atoms with van der Waals surface area (Å²) in [5.41, 5.74) is 0. The molecule has 0 aromatic rings. The minimum absolute atomic E-state index is 0.878. The van der Waals surface area contributed by atoms with Crippen LogP contribution in [0.3, 0.4) is 0 Å². The lowest BCUT2D eigenvalue weighted by molar-refractivity contribution is 0.188. The van der Waals surface area contributed by atoms with Crippen LogP contribution >= 0.6 is 0 Å². The van der Waals surface area contributed by atoms with Gasteiger partial charge >= 0.3 is 0 Å². The first-order valence-electron chi connectivity index (χ1n) is 3.99. The van der Waals surface area contributed by atoms with Gasteiger partial charge in [-0.05, 0) is 45.2 Å². The van der Waals surface area contributed by atoms with Gasteiger partial charge in [0.25, 0.3) is 0 Å². The molecule has 9 heavy (non-hydrogen) atoms. The summed E-state index contributed by atoms with van der Waals surface area (Å²) in [6.45, 7) is 3.70. The fourth-order valence-corrected chi connectivity index (χ4v) is 2.09. The van der Waals surface area contributed by atoms with Gasteiger partial charge in [0, 0.05) is 6.04 Å². The monoisotopic (exact) mass is 125 g/mol. The topological polar surface area (TPSA) is 3.24 Å². The number of nitrogens with zero attached hydrogens (tertiary/aromatic N) is 1. The van der Waals surface area contributed by atoms with Gasteiger partial charge in [0.2, 0.25) is 0 Å². The molecule has 1 aliphatic heterocycles. The summed E-state index contributed by atoms with van der Waals surface area (Å²) >= 11 is 0. The molecule has 1 saturated heterocycles. The zero-order valence-corrected chi connectivity index (χ0v) is 6.30. The van der Waals surface area contributed by atoms with Crippen LogP contribution in [0.15, 0.2) is 0 Å². The summed E-state index contributed by atoms with van der Waals surface area (Å²) in [5, 5.41) is 0. The lowest BCUT2D eigenvalue weighted by atomic mass is 10.1. The molecule has 52 valence electrons. The van der Waals surface area contributed by atoms with Crippen molar-refractivity contribution < 1.29 is 0 Å². The molecule has 0 bridgehead atoms. The van der Waals surface area contributed by atoms with Crippen molar-refractivity contribution in [3.63, 3.8) is 0 Å². The van der Waals surface area contributed by atoms with Crippen molar-refractivity contribution in [2.45, 2.75) is 25.8 Å². The van der Waals surface area contributed by atoms with Crippen LogP contribution in [-0.2, 0) is 0 Å². The van der Waals surface area contributed by atoms with Crippen LogP contribution in [0, 0.1) is 11.8 Å². The Bertz CT molecular complexity index is 120. The van der Waals surface area contributed by atoms with Crippen LogP contribution in [0.25, 0.3) is 0 Å². The lowest BCUT2D eigenvalue weighted by Crippen LogP contribution is -2.35. The van der Waals surface area contributed by atoms with Gasteiger partial charge in [-0.2, -0.15) is 0 Å². The summed E-state index contributed by atoms with van der Waals surface area (Å²) in [6, 6.07) is 0.878. The highest BCUT2D eigenvalue weighted by Crippen LogP contribution is 2.47. The first kappa shape index (κ1) is 5.72. The Morgan fingerprint density at radius 1 is 1.44 bits per heavy atom. The molecule has 0 aromatic carbocycles. The largest absolute Gasteiger partial charge is 0.303 e. The van der Waals surface area contributed by atoms with E-state index in [1.807, 2.05) is 0 Å². The van der Waals surface area contributed by atoms with Crippen LogP contribution < -0.4 is 0 Å². The molecule has 1 aliphatic carbocycles. The van der Waals surface area contributed by atoms with Crippen molar-refractivity contribution >= 4 is 0 Å². The number of likely N-dealkylation sites (tertiary alicyclic amines) is 1. The maximum atomic E-state index is 2.49. The molecule has 2 fully saturated rings. The van der Waals surface area contributed by atoms with Crippen molar-refractivity contribution in [1.82, 2.24) is 4.90 Å². The van der Waals surface area contributed by atoms with E-state index in [4.69, 9.17) is 0 Å². The van der Waals surface area contributed by atoms with Crippen LogP contribution in [0.2, 0.25) is 0 Å². The summed E-state index contributed by atoms with van der Waals surface area (Å²) in [6.07, 6.45) is 2.98. The second-order valence-electron chi connectivity index (χ2n) is 3.67. The first-order valence-corrected chi connectivity index (χ1v) is 3.99. The molecule has 2 rings (SSSR count). The lowest BCUT2D eigenvalue weighted by Gasteiger charge is -2.28. The zero-order valence-electron chi connectivity index (χ0n) is 6.30. The number of fused-ring (bicyclic) bond motifs is 1. The van der Waals surface area contributed by atoms with E-state index in [1.165, 1.54) is 19.4 Å². The number of piperidine rings is 1.